The molecule has 1 atom stereocenters. The number of amides is 1. The standard InChI is InChI=1S/C22H25NO4/c1-16(17-7-8-19-20(15-17)27-14-13-26-19)23-21(24)22(9-11-25-12-10-22)18-5-3-2-4-6-18/h2-8,15-16H,9-14H2,1H3,(H,23,24)/t16-/m1/s1. The van der Waals surface area contributed by atoms with Crippen molar-refractivity contribution in [3.05, 3.63) is 59.7 Å². The van der Waals surface area contributed by atoms with E-state index >= 15 is 0 Å². The second kappa shape index (κ2) is 7.61. The van der Waals surface area contributed by atoms with Crippen LogP contribution in [-0.4, -0.2) is 32.3 Å². The Bertz CT molecular complexity index is 799. The summed E-state index contributed by atoms with van der Waals surface area (Å²) < 4.78 is 16.8. The van der Waals surface area contributed by atoms with Crippen LogP contribution in [-0.2, 0) is 14.9 Å². The fourth-order valence-electron chi connectivity index (χ4n) is 3.87. The number of hydrogen-bond acceptors (Lipinski definition) is 4. The average Bonchev–Trinajstić information content (AvgIpc) is 2.74. The van der Waals surface area contributed by atoms with E-state index in [4.69, 9.17) is 14.2 Å². The monoisotopic (exact) mass is 367 g/mol. The van der Waals surface area contributed by atoms with E-state index in [1.54, 1.807) is 0 Å². The molecule has 0 aromatic heterocycles. The molecule has 2 aliphatic heterocycles. The molecular formula is C22H25NO4. The van der Waals surface area contributed by atoms with Crippen LogP contribution < -0.4 is 14.8 Å². The first kappa shape index (κ1) is 17.9. The summed E-state index contributed by atoms with van der Waals surface area (Å²) >= 11 is 0. The van der Waals surface area contributed by atoms with E-state index in [1.807, 2.05) is 55.5 Å². The van der Waals surface area contributed by atoms with Gasteiger partial charge in [-0.15, -0.1) is 0 Å². The van der Waals surface area contributed by atoms with Crippen LogP contribution in [0.25, 0.3) is 0 Å². The summed E-state index contributed by atoms with van der Waals surface area (Å²) in [7, 11) is 0. The van der Waals surface area contributed by atoms with E-state index in [0.717, 1.165) is 22.6 Å². The fourth-order valence-corrected chi connectivity index (χ4v) is 3.87. The largest absolute Gasteiger partial charge is 0.486 e. The Labute approximate surface area is 159 Å². The number of fused-ring (bicyclic) bond motifs is 1. The Morgan fingerprint density at radius 2 is 1.67 bits per heavy atom. The van der Waals surface area contributed by atoms with Crippen molar-refractivity contribution in [2.75, 3.05) is 26.4 Å². The number of nitrogens with one attached hydrogen (secondary N) is 1. The van der Waals surface area contributed by atoms with Crippen molar-refractivity contribution >= 4 is 5.91 Å². The van der Waals surface area contributed by atoms with Crippen LogP contribution in [0.2, 0.25) is 0 Å². The van der Waals surface area contributed by atoms with Crippen LogP contribution in [0.15, 0.2) is 48.5 Å². The molecule has 1 amide bonds. The summed E-state index contributed by atoms with van der Waals surface area (Å²) in [6, 6.07) is 15.8. The predicted molar refractivity (Wildman–Crippen MR) is 102 cm³/mol. The zero-order chi connectivity index (χ0) is 18.7. The number of hydrogen-bond donors (Lipinski definition) is 1. The molecule has 27 heavy (non-hydrogen) atoms. The molecule has 2 aliphatic rings. The van der Waals surface area contributed by atoms with Gasteiger partial charge in [-0.1, -0.05) is 36.4 Å². The van der Waals surface area contributed by atoms with Crippen LogP contribution in [0.3, 0.4) is 0 Å². The Morgan fingerprint density at radius 1 is 0.963 bits per heavy atom. The van der Waals surface area contributed by atoms with Gasteiger partial charge in [0.05, 0.1) is 11.5 Å². The molecule has 5 nitrogen and oxygen atoms in total. The number of benzene rings is 2. The Hall–Kier alpha value is -2.53. The molecule has 0 bridgehead atoms. The van der Waals surface area contributed by atoms with E-state index < -0.39 is 5.41 Å². The van der Waals surface area contributed by atoms with Gasteiger partial charge < -0.3 is 19.5 Å². The van der Waals surface area contributed by atoms with Gasteiger partial charge in [0.2, 0.25) is 5.91 Å². The van der Waals surface area contributed by atoms with Gasteiger partial charge in [0.1, 0.15) is 13.2 Å². The van der Waals surface area contributed by atoms with E-state index in [0.29, 0.717) is 39.3 Å². The minimum absolute atomic E-state index is 0.0550. The summed E-state index contributed by atoms with van der Waals surface area (Å²) in [6.07, 6.45) is 1.38. The van der Waals surface area contributed by atoms with Crippen molar-refractivity contribution in [1.82, 2.24) is 5.32 Å². The molecular weight excluding hydrogens is 342 g/mol. The highest BCUT2D eigenvalue weighted by Gasteiger charge is 2.42. The maximum absolute atomic E-state index is 13.4. The fraction of sp³-hybridized carbons (Fsp3) is 0.409. The SMILES string of the molecule is C[C@@H](NC(=O)C1(c2ccccc2)CCOCC1)c1ccc2c(c1)OCCO2. The smallest absolute Gasteiger partial charge is 0.231 e. The number of carbonyl (C=O) groups is 1. The van der Waals surface area contributed by atoms with Gasteiger partial charge in [-0.25, -0.2) is 0 Å². The van der Waals surface area contributed by atoms with Crippen LogP contribution in [0, 0.1) is 0 Å². The lowest BCUT2D eigenvalue weighted by Crippen LogP contribution is -2.48. The molecule has 0 unspecified atom stereocenters. The van der Waals surface area contributed by atoms with Crippen molar-refractivity contribution in [2.45, 2.75) is 31.2 Å². The lowest BCUT2D eigenvalue weighted by molar-refractivity contribution is -0.131. The van der Waals surface area contributed by atoms with Gasteiger partial charge >= 0.3 is 0 Å². The van der Waals surface area contributed by atoms with Crippen molar-refractivity contribution in [2.24, 2.45) is 0 Å². The Kier molecular flexibility index (Phi) is 5.03. The molecule has 1 saturated heterocycles. The third-order valence-electron chi connectivity index (χ3n) is 5.52. The first-order valence-corrected chi connectivity index (χ1v) is 9.53. The quantitative estimate of drug-likeness (QED) is 0.900. The molecule has 142 valence electrons. The first-order chi connectivity index (χ1) is 13.2. The third-order valence-corrected chi connectivity index (χ3v) is 5.52. The highest BCUT2D eigenvalue weighted by molar-refractivity contribution is 5.88. The van der Waals surface area contributed by atoms with Crippen molar-refractivity contribution in [3.8, 4) is 11.5 Å². The molecule has 5 heteroatoms. The average molecular weight is 367 g/mol. The molecule has 2 heterocycles. The van der Waals surface area contributed by atoms with Crippen LogP contribution in [0.5, 0.6) is 11.5 Å². The first-order valence-electron chi connectivity index (χ1n) is 9.53. The lowest BCUT2D eigenvalue weighted by Gasteiger charge is -2.37. The van der Waals surface area contributed by atoms with Crippen molar-refractivity contribution < 1.29 is 19.0 Å². The van der Waals surface area contributed by atoms with Gasteiger partial charge in [-0.2, -0.15) is 0 Å². The second-order valence-electron chi connectivity index (χ2n) is 7.16. The van der Waals surface area contributed by atoms with E-state index in [9.17, 15) is 4.79 Å². The molecule has 0 aliphatic carbocycles. The summed E-state index contributed by atoms with van der Waals surface area (Å²) in [5, 5.41) is 3.22. The van der Waals surface area contributed by atoms with E-state index in [-0.39, 0.29) is 11.9 Å². The molecule has 1 N–H and O–H groups in total. The zero-order valence-electron chi connectivity index (χ0n) is 15.6. The molecule has 0 spiro atoms. The van der Waals surface area contributed by atoms with Gasteiger partial charge in [0, 0.05) is 13.2 Å². The van der Waals surface area contributed by atoms with Gasteiger partial charge in [0.15, 0.2) is 11.5 Å². The summed E-state index contributed by atoms with van der Waals surface area (Å²) in [4.78, 5) is 13.4. The lowest BCUT2D eigenvalue weighted by atomic mass is 9.73. The molecule has 0 saturated carbocycles. The predicted octanol–water partition coefficient (Wildman–Crippen LogP) is 3.38. The molecule has 4 rings (SSSR count). The second-order valence-corrected chi connectivity index (χ2v) is 7.16. The topological polar surface area (TPSA) is 56.8 Å². The van der Waals surface area contributed by atoms with Gasteiger partial charge in [-0.3, -0.25) is 4.79 Å². The van der Waals surface area contributed by atoms with E-state index in [2.05, 4.69) is 5.32 Å². The Balaban J connectivity index is 1.56. The minimum Gasteiger partial charge on any atom is -0.486 e. The minimum atomic E-state index is -0.540. The molecule has 0 radical (unpaired) electrons. The van der Waals surface area contributed by atoms with Gasteiger partial charge in [0.25, 0.3) is 0 Å². The number of ether oxygens (including phenoxy) is 3. The number of carbonyl (C=O) groups excluding carboxylic acids is 1. The maximum atomic E-state index is 13.4. The summed E-state index contributed by atoms with van der Waals surface area (Å²) in [6.45, 7) is 4.32. The normalized spacial score (nSPS) is 19.1. The Morgan fingerprint density at radius 3 is 2.41 bits per heavy atom. The highest BCUT2D eigenvalue weighted by atomic mass is 16.6. The zero-order valence-corrected chi connectivity index (χ0v) is 15.6. The summed E-state index contributed by atoms with van der Waals surface area (Å²) in [5.74, 6) is 1.55. The van der Waals surface area contributed by atoms with Crippen LogP contribution in [0.4, 0.5) is 0 Å². The molecule has 1 fully saturated rings. The third kappa shape index (κ3) is 3.52. The number of rotatable bonds is 4. The summed E-state index contributed by atoms with van der Waals surface area (Å²) in [5.41, 5.74) is 1.52. The maximum Gasteiger partial charge on any atom is 0.231 e. The van der Waals surface area contributed by atoms with E-state index in [1.165, 1.54) is 0 Å². The highest BCUT2D eigenvalue weighted by Crippen LogP contribution is 2.37. The van der Waals surface area contributed by atoms with Crippen molar-refractivity contribution in [3.63, 3.8) is 0 Å². The molecule has 2 aromatic rings. The van der Waals surface area contributed by atoms with Crippen molar-refractivity contribution in [1.29, 1.82) is 0 Å². The van der Waals surface area contributed by atoms with Crippen LogP contribution in [0.1, 0.15) is 36.9 Å². The van der Waals surface area contributed by atoms with Gasteiger partial charge in [-0.05, 0) is 43.0 Å². The van der Waals surface area contributed by atoms with Crippen LogP contribution >= 0.6 is 0 Å². The molecule has 2 aromatic carbocycles.